The fourth-order valence-corrected chi connectivity index (χ4v) is 4.17. The molecule has 1 saturated heterocycles. The minimum atomic E-state index is -0.226. The van der Waals surface area contributed by atoms with Gasteiger partial charge in [0.1, 0.15) is 0 Å². The maximum atomic E-state index is 12.6. The number of aromatic nitrogens is 1. The molecule has 142 valence electrons. The number of aryl methyl sites for hydroxylation is 1. The van der Waals surface area contributed by atoms with Crippen LogP contribution in [0.3, 0.4) is 0 Å². The quantitative estimate of drug-likeness (QED) is 0.645. The number of amides is 2. The molecule has 1 aliphatic rings. The van der Waals surface area contributed by atoms with E-state index in [0.717, 1.165) is 34.8 Å². The van der Waals surface area contributed by atoms with Gasteiger partial charge in [-0.15, -0.1) is 11.3 Å². The first-order valence-corrected chi connectivity index (χ1v) is 10.2. The van der Waals surface area contributed by atoms with Gasteiger partial charge in [0.05, 0.1) is 5.69 Å². The Kier molecular flexibility index (Phi) is 5.15. The van der Waals surface area contributed by atoms with Gasteiger partial charge in [-0.3, -0.25) is 14.9 Å². The minimum Gasteiger partial charge on any atom is -0.312 e. The monoisotopic (exact) mass is 411 g/mol. The maximum absolute atomic E-state index is 12.6. The Morgan fingerprint density at radius 3 is 2.50 bits per heavy atom. The van der Waals surface area contributed by atoms with Crippen LogP contribution >= 0.6 is 22.9 Å². The van der Waals surface area contributed by atoms with E-state index >= 15 is 0 Å². The Morgan fingerprint density at radius 2 is 1.86 bits per heavy atom. The van der Waals surface area contributed by atoms with Gasteiger partial charge in [-0.1, -0.05) is 23.7 Å². The summed E-state index contributed by atoms with van der Waals surface area (Å²) in [7, 11) is 0. The zero-order chi connectivity index (χ0) is 19.7. The number of nitrogens with zero attached hydrogens (tertiary/aromatic N) is 2. The first-order valence-electron chi connectivity index (χ1n) is 8.96. The van der Waals surface area contributed by atoms with Crippen LogP contribution in [0.2, 0.25) is 5.02 Å². The van der Waals surface area contributed by atoms with Crippen LogP contribution in [0.25, 0.3) is 11.3 Å². The van der Waals surface area contributed by atoms with E-state index in [1.807, 2.05) is 43.3 Å². The highest BCUT2D eigenvalue weighted by atomic mass is 35.5. The van der Waals surface area contributed by atoms with Crippen molar-refractivity contribution in [2.45, 2.75) is 19.8 Å². The average Bonchev–Trinajstić information content (AvgIpc) is 3.28. The van der Waals surface area contributed by atoms with E-state index in [1.165, 1.54) is 11.3 Å². The SMILES string of the molecule is Cc1sc(NC(=O)c2ccc(N3CCCC3=O)cc2)nc1-c1ccc(Cl)cc1. The molecule has 0 bridgehead atoms. The van der Waals surface area contributed by atoms with Crippen LogP contribution in [-0.4, -0.2) is 23.3 Å². The molecule has 1 aliphatic heterocycles. The Morgan fingerprint density at radius 1 is 1.14 bits per heavy atom. The molecule has 0 spiro atoms. The van der Waals surface area contributed by atoms with Crippen LogP contribution in [0, 0.1) is 6.92 Å². The van der Waals surface area contributed by atoms with Gasteiger partial charge in [0.25, 0.3) is 5.91 Å². The first-order chi connectivity index (χ1) is 13.5. The lowest BCUT2D eigenvalue weighted by molar-refractivity contribution is -0.117. The van der Waals surface area contributed by atoms with Gasteiger partial charge in [0, 0.05) is 39.7 Å². The molecule has 2 heterocycles. The smallest absolute Gasteiger partial charge is 0.257 e. The molecule has 0 radical (unpaired) electrons. The predicted octanol–water partition coefficient (Wildman–Crippen LogP) is 5.15. The third-order valence-corrected chi connectivity index (χ3v) is 5.79. The Hall–Kier alpha value is -2.70. The second kappa shape index (κ2) is 7.73. The van der Waals surface area contributed by atoms with Gasteiger partial charge < -0.3 is 4.90 Å². The summed E-state index contributed by atoms with van der Waals surface area (Å²) in [5.74, 6) is -0.0964. The molecular formula is C21H18ClN3O2S. The van der Waals surface area contributed by atoms with Crippen molar-refractivity contribution in [1.82, 2.24) is 4.98 Å². The van der Waals surface area contributed by atoms with E-state index in [4.69, 9.17) is 11.6 Å². The van der Waals surface area contributed by atoms with E-state index < -0.39 is 0 Å². The number of hydrogen-bond donors (Lipinski definition) is 1. The molecule has 2 amide bonds. The zero-order valence-corrected chi connectivity index (χ0v) is 16.8. The lowest BCUT2D eigenvalue weighted by Crippen LogP contribution is -2.23. The number of anilines is 2. The van der Waals surface area contributed by atoms with E-state index in [2.05, 4.69) is 10.3 Å². The standard InChI is InChI=1S/C21H18ClN3O2S/c1-13-19(14-4-8-16(22)9-5-14)23-21(28-13)24-20(27)15-6-10-17(11-7-15)25-12-2-3-18(25)26/h4-11H,2-3,12H2,1H3,(H,23,24,27). The number of thiazole rings is 1. The molecule has 0 aliphatic carbocycles. The Balaban J connectivity index is 1.48. The van der Waals surface area contributed by atoms with Crippen molar-refractivity contribution in [3.63, 3.8) is 0 Å². The molecular weight excluding hydrogens is 394 g/mol. The predicted molar refractivity (Wildman–Crippen MR) is 113 cm³/mol. The molecule has 1 N–H and O–H groups in total. The number of hydrogen-bond acceptors (Lipinski definition) is 4. The lowest BCUT2D eigenvalue weighted by atomic mass is 10.1. The second-order valence-electron chi connectivity index (χ2n) is 6.58. The highest BCUT2D eigenvalue weighted by Gasteiger charge is 2.22. The third kappa shape index (κ3) is 3.79. The van der Waals surface area contributed by atoms with Crippen LogP contribution in [-0.2, 0) is 4.79 Å². The van der Waals surface area contributed by atoms with Crippen LogP contribution in [0.5, 0.6) is 0 Å². The average molecular weight is 412 g/mol. The summed E-state index contributed by atoms with van der Waals surface area (Å²) in [5.41, 5.74) is 3.14. The summed E-state index contributed by atoms with van der Waals surface area (Å²) in [6, 6.07) is 14.5. The number of halogens is 1. The molecule has 0 saturated carbocycles. The van der Waals surface area contributed by atoms with Crippen LogP contribution in [0.1, 0.15) is 28.1 Å². The van der Waals surface area contributed by atoms with Crippen LogP contribution in [0.4, 0.5) is 10.8 Å². The molecule has 1 aromatic heterocycles. The van der Waals surface area contributed by atoms with Crippen molar-refractivity contribution < 1.29 is 9.59 Å². The second-order valence-corrected chi connectivity index (χ2v) is 8.22. The molecule has 28 heavy (non-hydrogen) atoms. The maximum Gasteiger partial charge on any atom is 0.257 e. The summed E-state index contributed by atoms with van der Waals surface area (Å²) in [5, 5.41) is 4.08. The van der Waals surface area contributed by atoms with Gasteiger partial charge in [0.15, 0.2) is 5.13 Å². The number of benzene rings is 2. The Labute approximate surface area is 172 Å². The number of nitrogens with one attached hydrogen (secondary N) is 1. The van der Waals surface area contributed by atoms with Gasteiger partial charge in [-0.05, 0) is 49.7 Å². The van der Waals surface area contributed by atoms with Crippen molar-refractivity contribution in [3.05, 3.63) is 64.0 Å². The zero-order valence-electron chi connectivity index (χ0n) is 15.2. The van der Waals surface area contributed by atoms with Crippen molar-refractivity contribution >= 4 is 45.6 Å². The lowest BCUT2D eigenvalue weighted by Gasteiger charge is -2.15. The summed E-state index contributed by atoms with van der Waals surface area (Å²) < 4.78 is 0. The molecule has 2 aromatic carbocycles. The summed E-state index contributed by atoms with van der Waals surface area (Å²) in [6.07, 6.45) is 1.46. The van der Waals surface area contributed by atoms with Gasteiger partial charge in [0.2, 0.25) is 5.91 Å². The fraction of sp³-hybridized carbons (Fsp3) is 0.190. The van der Waals surface area contributed by atoms with Gasteiger partial charge in [-0.2, -0.15) is 0 Å². The van der Waals surface area contributed by atoms with Crippen molar-refractivity contribution in [2.24, 2.45) is 0 Å². The van der Waals surface area contributed by atoms with E-state index in [0.29, 0.717) is 22.1 Å². The van der Waals surface area contributed by atoms with Crippen LogP contribution in [0.15, 0.2) is 48.5 Å². The molecule has 3 aromatic rings. The van der Waals surface area contributed by atoms with Crippen LogP contribution < -0.4 is 10.2 Å². The van der Waals surface area contributed by atoms with E-state index in [1.54, 1.807) is 17.0 Å². The molecule has 5 nitrogen and oxygen atoms in total. The number of carbonyl (C=O) groups excluding carboxylic acids is 2. The molecule has 7 heteroatoms. The molecule has 0 unspecified atom stereocenters. The van der Waals surface area contributed by atoms with Crippen molar-refractivity contribution in [1.29, 1.82) is 0 Å². The number of carbonyl (C=O) groups is 2. The highest BCUT2D eigenvalue weighted by molar-refractivity contribution is 7.16. The van der Waals surface area contributed by atoms with E-state index in [9.17, 15) is 9.59 Å². The largest absolute Gasteiger partial charge is 0.312 e. The van der Waals surface area contributed by atoms with Gasteiger partial charge in [-0.25, -0.2) is 4.98 Å². The molecule has 0 atom stereocenters. The normalized spacial score (nSPS) is 13.8. The number of rotatable bonds is 4. The summed E-state index contributed by atoms with van der Waals surface area (Å²) in [6.45, 7) is 2.70. The minimum absolute atomic E-state index is 0.130. The van der Waals surface area contributed by atoms with Crippen molar-refractivity contribution in [3.8, 4) is 11.3 Å². The molecule has 4 rings (SSSR count). The Bertz CT molecular complexity index is 1030. The topological polar surface area (TPSA) is 62.3 Å². The first kappa shape index (κ1) is 18.7. The van der Waals surface area contributed by atoms with Gasteiger partial charge >= 0.3 is 0 Å². The summed E-state index contributed by atoms with van der Waals surface area (Å²) in [4.78, 5) is 31.7. The van der Waals surface area contributed by atoms with E-state index in [-0.39, 0.29) is 11.8 Å². The summed E-state index contributed by atoms with van der Waals surface area (Å²) >= 11 is 7.38. The van der Waals surface area contributed by atoms with Crippen molar-refractivity contribution in [2.75, 3.05) is 16.8 Å². The fourth-order valence-electron chi connectivity index (χ4n) is 3.21. The third-order valence-electron chi connectivity index (χ3n) is 4.65. The molecule has 1 fully saturated rings. The highest BCUT2D eigenvalue weighted by Crippen LogP contribution is 2.31.